The van der Waals surface area contributed by atoms with Gasteiger partial charge in [-0.25, -0.2) is 0 Å². The van der Waals surface area contributed by atoms with Crippen LogP contribution in [0.1, 0.15) is 27.2 Å². The van der Waals surface area contributed by atoms with E-state index in [4.69, 9.17) is 5.73 Å². The number of nitrogens with zero attached hydrogens (tertiary/aromatic N) is 1. The van der Waals surface area contributed by atoms with E-state index in [9.17, 15) is 0 Å². The second-order valence-electron chi connectivity index (χ2n) is 4.66. The van der Waals surface area contributed by atoms with Gasteiger partial charge in [0.25, 0.3) is 0 Å². The monoisotopic (exact) mass is 218 g/mol. The van der Waals surface area contributed by atoms with Crippen LogP contribution in [0.5, 0.6) is 0 Å². The fraction of sp³-hybridized carbons (Fsp3) is 1.00. The highest BCUT2D eigenvalue weighted by molar-refractivity contribution is 7.99. The van der Waals surface area contributed by atoms with Gasteiger partial charge in [0.05, 0.1) is 0 Å². The molecule has 0 aliphatic heterocycles. The molecule has 0 spiro atoms. The van der Waals surface area contributed by atoms with Crippen molar-refractivity contribution in [2.24, 2.45) is 11.1 Å². The number of hydrogen-bond donors (Lipinski definition) is 1. The second kappa shape index (κ2) is 7.55. The molecular weight excluding hydrogens is 192 g/mol. The molecule has 2 nitrogen and oxygen atoms in total. The highest BCUT2D eigenvalue weighted by Gasteiger charge is 2.17. The maximum Gasteiger partial charge on any atom is 0.00417 e. The SMILES string of the molecule is CCSCCCN(C)CC(C)(C)CN. The van der Waals surface area contributed by atoms with Gasteiger partial charge >= 0.3 is 0 Å². The predicted octanol–water partition coefficient (Wildman–Crippen LogP) is 2.05. The van der Waals surface area contributed by atoms with Crippen LogP contribution >= 0.6 is 11.8 Å². The molecular formula is C11H26N2S. The van der Waals surface area contributed by atoms with E-state index in [-0.39, 0.29) is 5.41 Å². The summed E-state index contributed by atoms with van der Waals surface area (Å²) >= 11 is 2.02. The smallest absolute Gasteiger partial charge is 0.00417 e. The zero-order valence-corrected chi connectivity index (χ0v) is 11.0. The van der Waals surface area contributed by atoms with E-state index in [0.717, 1.165) is 13.1 Å². The van der Waals surface area contributed by atoms with Crippen molar-refractivity contribution < 1.29 is 0 Å². The molecule has 0 unspecified atom stereocenters. The molecule has 0 fully saturated rings. The van der Waals surface area contributed by atoms with E-state index >= 15 is 0 Å². The van der Waals surface area contributed by atoms with E-state index in [1.165, 1.54) is 24.5 Å². The fourth-order valence-corrected chi connectivity index (χ4v) is 2.08. The normalized spacial score (nSPS) is 12.4. The molecule has 0 aromatic heterocycles. The van der Waals surface area contributed by atoms with Gasteiger partial charge in [-0.05, 0) is 43.5 Å². The molecule has 0 heterocycles. The lowest BCUT2D eigenvalue weighted by molar-refractivity contribution is 0.216. The Kier molecular flexibility index (Phi) is 7.69. The molecule has 14 heavy (non-hydrogen) atoms. The summed E-state index contributed by atoms with van der Waals surface area (Å²) in [5, 5.41) is 0. The van der Waals surface area contributed by atoms with Crippen molar-refractivity contribution in [1.29, 1.82) is 0 Å². The van der Waals surface area contributed by atoms with Crippen LogP contribution < -0.4 is 5.73 Å². The predicted molar refractivity (Wildman–Crippen MR) is 67.9 cm³/mol. The summed E-state index contributed by atoms with van der Waals surface area (Å²) in [7, 11) is 2.19. The summed E-state index contributed by atoms with van der Waals surface area (Å²) in [6.45, 7) is 9.72. The largest absolute Gasteiger partial charge is 0.330 e. The lowest BCUT2D eigenvalue weighted by Gasteiger charge is -2.28. The van der Waals surface area contributed by atoms with Crippen molar-refractivity contribution in [2.75, 3.05) is 38.2 Å². The topological polar surface area (TPSA) is 29.3 Å². The van der Waals surface area contributed by atoms with Crippen molar-refractivity contribution in [3.8, 4) is 0 Å². The van der Waals surface area contributed by atoms with Gasteiger partial charge < -0.3 is 10.6 Å². The number of hydrogen-bond acceptors (Lipinski definition) is 3. The number of nitrogens with two attached hydrogens (primary N) is 1. The van der Waals surface area contributed by atoms with Crippen LogP contribution in [-0.4, -0.2) is 43.1 Å². The van der Waals surface area contributed by atoms with Crippen molar-refractivity contribution >= 4 is 11.8 Å². The highest BCUT2D eigenvalue weighted by Crippen LogP contribution is 2.14. The zero-order valence-electron chi connectivity index (χ0n) is 10.2. The maximum atomic E-state index is 5.70. The number of rotatable bonds is 8. The minimum Gasteiger partial charge on any atom is -0.330 e. The Bertz CT molecular complexity index is 137. The first-order chi connectivity index (χ1) is 6.52. The Morgan fingerprint density at radius 3 is 2.50 bits per heavy atom. The van der Waals surface area contributed by atoms with E-state index in [1.807, 2.05) is 11.8 Å². The van der Waals surface area contributed by atoms with Crippen molar-refractivity contribution in [1.82, 2.24) is 4.90 Å². The van der Waals surface area contributed by atoms with Gasteiger partial charge in [0.2, 0.25) is 0 Å². The van der Waals surface area contributed by atoms with Crippen LogP contribution in [0.2, 0.25) is 0 Å². The van der Waals surface area contributed by atoms with Gasteiger partial charge in [-0.1, -0.05) is 20.8 Å². The molecule has 0 aromatic carbocycles. The Hall–Kier alpha value is 0.270. The first-order valence-electron chi connectivity index (χ1n) is 5.48. The van der Waals surface area contributed by atoms with E-state index < -0.39 is 0 Å². The molecule has 2 N–H and O–H groups in total. The van der Waals surface area contributed by atoms with Gasteiger partial charge in [-0.15, -0.1) is 0 Å². The van der Waals surface area contributed by atoms with Crippen LogP contribution in [0.25, 0.3) is 0 Å². The van der Waals surface area contributed by atoms with Gasteiger partial charge in [-0.2, -0.15) is 11.8 Å². The molecule has 0 atom stereocenters. The molecule has 0 aliphatic carbocycles. The fourth-order valence-electron chi connectivity index (χ4n) is 1.46. The summed E-state index contributed by atoms with van der Waals surface area (Å²) in [5.74, 6) is 2.52. The summed E-state index contributed by atoms with van der Waals surface area (Å²) in [6, 6.07) is 0. The van der Waals surface area contributed by atoms with Gasteiger partial charge in [0, 0.05) is 6.54 Å². The summed E-state index contributed by atoms with van der Waals surface area (Å²) < 4.78 is 0. The van der Waals surface area contributed by atoms with E-state index in [1.54, 1.807) is 0 Å². The first-order valence-corrected chi connectivity index (χ1v) is 6.63. The molecule has 0 rings (SSSR count). The van der Waals surface area contributed by atoms with Crippen LogP contribution in [0, 0.1) is 5.41 Å². The summed E-state index contributed by atoms with van der Waals surface area (Å²) in [6.07, 6.45) is 1.29. The Labute approximate surface area is 93.6 Å². The second-order valence-corrected chi connectivity index (χ2v) is 6.05. The zero-order chi connectivity index (χ0) is 11.0. The molecule has 0 saturated carbocycles. The molecule has 0 aromatic rings. The average molecular weight is 218 g/mol. The minimum absolute atomic E-state index is 0.257. The van der Waals surface area contributed by atoms with Crippen LogP contribution in [-0.2, 0) is 0 Å². The quantitative estimate of drug-likeness (QED) is 0.632. The van der Waals surface area contributed by atoms with Crippen molar-refractivity contribution in [2.45, 2.75) is 27.2 Å². The Morgan fingerprint density at radius 2 is 2.00 bits per heavy atom. The lowest BCUT2D eigenvalue weighted by Crippen LogP contribution is -2.37. The molecule has 0 aliphatic rings. The Balaban J connectivity index is 3.49. The third-order valence-electron chi connectivity index (χ3n) is 2.28. The van der Waals surface area contributed by atoms with Crippen LogP contribution in [0.4, 0.5) is 0 Å². The first kappa shape index (κ1) is 14.3. The number of thioether (sulfide) groups is 1. The van der Waals surface area contributed by atoms with Gasteiger partial charge in [-0.3, -0.25) is 0 Å². The van der Waals surface area contributed by atoms with Crippen LogP contribution in [0.15, 0.2) is 0 Å². The third kappa shape index (κ3) is 7.65. The van der Waals surface area contributed by atoms with Gasteiger partial charge in [0.15, 0.2) is 0 Å². The molecule has 0 saturated heterocycles. The van der Waals surface area contributed by atoms with Crippen molar-refractivity contribution in [3.05, 3.63) is 0 Å². The lowest BCUT2D eigenvalue weighted by atomic mass is 9.93. The standard InChI is InChI=1S/C11H26N2S/c1-5-14-8-6-7-13(4)10-11(2,3)9-12/h5-10,12H2,1-4H3. The van der Waals surface area contributed by atoms with E-state index in [2.05, 4.69) is 32.7 Å². The Morgan fingerprint density at radius 1 is 1.36 bits per heavy atom. The average Bonchev–Trinajstić information content (AvgIpc) is 2.12. The molecule has 86 valence electrons. The van der Waals surface area contributed by atoms with Crippen molar-refractivity contribution in [3.63, 3.8) is 0 Å². The molecule has 0 radical (unpaired) electrons. The summed E-state index contributed by atoms with van der Waals surface area (Å²) in [5.41, 5.74) is 5.96. The molecule has 0 bridgehead atoms. The van der Waals surface area contributed by atoms with Crippen LogP contribution in [0.3, 0.4) is 0 Å². The molecule has 3 heteroatoms. The van der Waals surface area contributed by atoms with Gasteiger partial charge in [0.1, 0.15) is 0 Å². The third-order valence-corrected chi connectivity index (χ3v) is 3.27. The highest BCUT2D eigenvalue weighted by atomic mass is 32.2. The summed E-state index contributed by atoms with van der Waals surface area (Å²) in [4.78, 5) is 2.39. The maximum absolute atomic E-state index is 5.70. The van der Waals surface area contributed by atoms with E-state index in [0.29, 0.717) is 0 Å². The molecule has 0 amide bonds. The minimum atomic E-state index is 0.257.